The van der Waals surface area contributed by atoms with E-state index >= 15 is 0 Å². The summed E-state index contributed by atoms with van der Waals surface area (Å²) in [5.74, 6) is 1.48. The summed E-state index contributed by atoms with van der Waals surface area (Å²) >= 11 is 0. The van der Waals surface area contributed by atoms with E-state index in [1.807, 2.05) is 6.92 Å². The van der Waals surface area contributed by atoms with E-state index in [1.54, 1.807) is 12.1 Å². The number of anilines is 1. The van der Waals surface area contributed by atoms with Gasteiger partial charge in [-0.3, -0.25) is 4.79 Å². The lowest BCUT2D eigenvalue weighted by Gasteiger charge is -2.31. The van der Waals surface area contributed by atoms with E-state index in [1.165, 1.54) is 21.7 Å². The molecule has 2 heterocycles. The molecule has 0 spiro atoms. The second kappa shape index (κ2) is 9.45. The summed E-state index contributed by atoms with van der Waals surface area (Å²) in [5, 5.41) is 2.89. The van der Waals surface area contributed by atoms with Crippen LogP contribution < -0.4 is 15.0 Å². The summed E-state index contributed by atoms with van der Waals surface area (Å²) in [6.45, 7) is 10.1. The summed E-state index contributed by atoms with van der Waals surface area (Å²) in [4.78, 5) is 14.0. The fraction of sp³-hybridized carbons (Fsp3) is 0.667. The Labute approximate surface area is 174 Å². The fourth-order valence-corrected chi connectivity index (χ4v) is 6.30. The van der Waals surface area contributed by atoms with Crippen molar-refractivity contribution in [1.82, 2.24) is 4.31 Å². The minimum Gasteiger partial charge on any atom is -0.492 e. The number of piperidine rings is 1. The number of rotatable bonds is 7. The molecule has 0 aromatic heterocycles. The highest BCUT2D eigenvalue weighted by molar-refractivity contribution is 7.89. The predicted molar refractivity (Wildman–Crippen MR) is 113 cm³/mol. The molecule has 1 aromatic carbocycles. The van der Waals surface area contributed by atoms with Crippen molar-refractivity contribution >= 4 is 21.6 Å². The van der Waals surface area contributed by atoms with Crippen molar-refractivity contribution in [3.05, 3.63) is 18.2 Å². The Balaban J connectivity index is 1.75. The molecule has 0 aliphatic carbocycles. The third kappa shape index (κ3) is 5.49. The van der Waals surface area contributed by atoms with E-state index in [-0.39, 0.29) is 10.8 Å². The van der Waals surface area contributed by atoms with E-state index in [9.17, 15) is 13.2 Å². The molecular formula is C21H34N3O4S+. The van der Waals surface area contributed by atoms with Crippen LogP contribution in [0.1, 0.15) is 40.0 Å². The van der Waals surface area contributed by atoms with Crippen molar-refractivity contribution in [1.29, 1.82) is 0 Å². The number of amides is 1. The van der Waals surface area contributed by atoms with Gasteiger partial charge in [0.15, 0.2) is 6.54 Å². The molecule has 29 heavy (non-hydrogen) atoms. The van der Waals surface area contributed by atoms with Crippen LogP contribution in [0.5, 0.6) is 5.75 Å². The monoisotopic (exact) mass is 424 g/mol. The molecule has 2 saturated heterocycles. The lowest BCUT2D eigenvalue weighted by Crippen LogP contribution is -3.15. The first-order valence-electron chi connectivity index (χ1n) is 10.7. The predicted octanol–water partition coefficient (Wildman–Crippen LogP) is 1.37. The van der Waals surface area contributed by atoms with Crippen LogP contribution in [0.3, 0.4) is 0 Å². The average Bonchev–Trinajstić information content (AvgIpc) is 3.17. The molecule has 2 atom stereocenters. The molecule has 0 radical (unpaired) electrons. The van der Waals surface area contributed by atoms with Crippen LogP contribution in [0.15, 0.2) is 23.1 Å². The second-order valence-corrected chi connectivity index (χ2v) is 10.4. The first kappa shape index (κ1) is 22.1. The Morgan fingerprint density at radius 3 is 2.48 bits per heavy atom. The van der Waals surface area contributed by atoms with Crippen molar-refractivity contribution in [2.24, 2.45) is 11.8 Å². The standard InChI is InChI=1S/C21H33N3O4S/c1-4-28-19-8-7-18(12-20(19)29(26,27)24-9-5-6-10-24)22-21(25)15-23-13-16(2)11-17(3)14-23/h7-8,12,16-17H,4-6,9-11,13-15H2,1-3H3,(H,22,25)/p+1/t16-,17-/m1/s1. The Morgan fingerprint density at radius 2 is 1.86 bits per heavy atom. The van der Waals surface area contributed by atoms with Crippen molar-refractivity contribution in [3.63, 3.8) is 0 Å². The Morgan fingerprint density at radius 1 is 1.21 bits per heavy atom. The molecule has 2 aliphatic rings. The molecule has 0 bridgehead atoms. The van der Waals surface area contributed by atoms with Crippen LogP contribution >= 0.6 is 0 Å². The summed E-state index contributed by atoms with van der Waals surface area (Å²) in [6.07, 6.45) is 2.95. The van der Waals surface area contributed by atoms with Crippen LogP contribution in [-0.4, -0.2) is 58.0 Å². The Bertz CT molecular complexity index is 811. The third-order valence-corrected chi connectivity index (χ3v) is 7.62. The van der Waals surface area contributed by atoms with Crippen LogP contribution in [0.25, 0.3) is 0 Å². The molecule has 1 amide bonds. The van der Waals surface area contributed by atoms with Crippen molar-refractivity contribution in [3.8, 4) is 5.75 Å². The van der Waals surface area contributed by atoms with Gasteiger partial charge in [-0.2, -0.15) is 4.31 Å². The minimum atomic E-state index is -3.64. The lowest BCUT2D eigenvalue weighted by molar-refractivity contribution is -0.904. The van der Waals surface area contributed by atoms with E-state index in [4.69, 9.17) is 4.74 Å². The van der Waals surface area contributed by atoms with Crippen molar-refractivity contribution in [2.45, 2.75) is 44.9 Å². The number of ether oxygens (including phenoxy) is 1. The van der Waals surface area contributed by atoms with Gasteiger partial charge in [0.25, 0.3) is 5.91 Å². The summed E-state index contributed by atoms with van der Waals surface area (Å²) < 4.78 is 33.2. The van der Waals surface area contributed by atoms with Gasteiger partial charge in [-0.05, 0) is 44.4 Å². The molecule has 3 rings (SSSR count). The van der Waals surface area contributed by atoms with Crippen LogP contribution in [0.2, 0.25) is 0 Å². The number of likely N-dealkylation sites (tertiary alicyclic amines) is 1. The molecule has 2 fully saturated rings. The highest BCUT2D eigenvalue weighted by atomic mass is 32.2. The number of benzene rings is 1. The third-order valence-electron chi connectivity index (χ3n) is 5.70. The molecular weight excluding hydrogens is 390 g/mol. The number of nitrogens with one attached hydrogen (secondary N) is 2. The zero-order valence-corrected chi connectivity index (χ0v) is 18.6. The van der Waals surface area contributed by atoms with Gasteiger partial charge in [-0.1, -0.05) is 13.8 Å². The molecule has 7 nitrogen and oxygen atoms in total. The largest absolute Gasteiger partial charge is 0.492 e. The smallest absolute Gasteiger partial charge is 0.279 e. The average molecular weight is 425 g/mol. The quantitative estimate of drug-likeness (QED) is 0.693. The highest BCUT2D eigenvalue weighted by Gasteiger charge is 2.31. The first-order chi connectivity index (χ1) is 13.8. The molecule has 2 N–H and O–H groups in total. The fourth-order valence-electron chi connectivity index (χ4n) is 4.63. The Hall–Kier alpha value is -1.64. The normalized spacial score (nSPS) is 25.7. The maximum Gasteiger partial charge on any atom is 0.279 e. The van der Waals surface area contributed by atoms with Crippen LogP contribution in [0, 0.1) is 11.8 Å². The van der Waals surface area contributed by atoms with Crippen LogP contribution in [-0.2, 0) is 14.8 Å². The second-order valence-electron chi connectivity index (χ2n) is 8.53. The van der Waals surface area contributed by atoms with E-state index in [0.29, 0.717) is 49.5 Å². The van der Waals surface area contributed by atoms with E-state index in [2.05, 4.69) is 19.2 Å². The maximum absolute atomic E-state index is 13.1. The SMILES string of the molecule is CCOc1ccc(NC(=O)C[NH+]2C[C@H](C)C[C@@H](C)C2)cc1S(=O)(=O)N1CCCC1. The summed E-state index contributed by atoms with van der Waals surface area (Å²) in [5.41, 5.74) is 0.494. The van der Waals surface area contributed by atoms with Gasteiger partial charge < -0.3 is 15.0 Å². The molecule has 0 saturated carbocycles. The molecule has 0 unspecified atom stereocenters. The number of hydrogen-bond acceptors (Lipinski definition) is 4. The number of quaternary nitrogens is 1. The van der Waals surface area contributed by atoms with Crippen molar-refractivity contribution in [2.75, 3.05) is 44.6 Å². The molecule has 2 aliphatic heterocycles. The van der Waals surface area contributed by atoms with Gasteiger partial charge in [0.1, 0.15) is 10.6 Å². The minimum absolute atomic E-state index is 0.0880. The number of carbonyl (C=O) groups is 1. The van der Waals surface area contributed by atoms with Gasteiger partial charge in [0.2, 0.25) is 10.0 Å². The summed E-state index contributed by atoms with van der Waals surface area (Å²) in [6, 6.07) is 4.88. The van der Waals surface area contributed by atoms with E-state index in [0.717, 1.165) is 25.9 Å². The lowest BCUT2D eigenvalue weighted by atomic mass is 9.92. The molecule has 1 aromatic rings. The number of hydrogen-bond donors (Lipinski definition) is 2. The van der Waals surface area contributed by atoms with Gasteiger partial charge in [-0.15, -0.1) is 0 Å². The zero-order valence-electron chi connectivity index (χ0n) is 17.7. The van der Waals surface area contributed by atoms with Gasteiger partial charge >= 0.3 is 0 Å². The molecule has 162 valence electrons. The number of sulfonamides is 1. The van der Waals surface area contributed by atoms with Gasteiger partial charge in [0.05, 0.1) is 19.7 Å². The van der Waals surface area contributed by atoms with Crippen molar-refractivity contribution < 1.29 is 22.8 Å². The maximum atomic E-state index is 13.1. The summed E-state index contributed by atoms with van der Waals surface area (Å²) in [7, 11) is -3.64. The van der Waals surface area contributed by atoms with E-state index < -0.39 is 10.0 Å². The number of carbonyl (C=O) groups excluding carboxylic acids is 1. The van der Waals surface area contributed by atoms with Gasteiger partial charge in [-0.25, -0.2) is 8.42 Å². The highest BCUT2D eigenvalue weighted by Crippen LogP contribution is 2.31. The Kier molecular flexibility index (Phi) is 7.19. The zero-order chi connectivity index (χ0) is 21.0. The van der Waals surface area contributed by atoms with Gasteiger partial charge in [0, 0.05) is 30.6 Å². The first-order valence-corrected chi connectivity index (χ1v) is 12.1. The molecule has 8 heteroatoms. The topological polar surface area (TPSA) is 80.1 Å². The van der Waals surface area contributed by atoms with Crippen LogP contribution in [0.4, 0.5) is 5.69 Å². The number of nitrogens with zero attached hydrogens (tertiary/aromatic N) is 1.